The Bertz CT molecular complexity index is 420. The van der Waals surface area contributed by atoms with Gasteiger partial charge < -0.3 is 16.4 Å². The largest absolute Gasteiger partial charge is 0.399 e. The molecular weight excluding hydrogens is 247 g/mol. The summed E-state index contributed by atoms with van der Waals surface area (Å²) in [6.45, 7) is 1.28. The molecule has 0 bridgehead atoms. The Hall–Kier alpha value is -1.92. The van der Waals surface area contributed by atoms with Crippen molar-refractivity contribution in [3.63, 3.8) is 0 Å². The van der Waals surface area contributed by atoms with E-state index >= 15 is 0 Å². The van der Waals surface area contributed by atoms with E-state index in [-0.39, 0.29) is 0 Å². The molecule has 0 saturated carbocycles. The third kappa shape index (κ3) is 5.42. The van der Waals surface area contributed by atoms with Crippen molar-refractivity contribution in [2.24, 2.45) is 0 Å². The maximum Gasteiger partial charge on any atom is 0.391 e. The summed E-state index contributed by atoms with van der Waals surface area (Å²) in [6, 6.07) is 4.67. The Morgan fingerprint density at radius 3 is 2.67 bits per heavy atom. The average molecular weight is 261 g/mol. The number of anilines is 2. The first-order valence-corrected chi connectivity index (χ1v) is 5.26. The van der Waals surface area contributed by atoms with Crippen LogP contribution in [-0.2, 0) is 0 Å². The fourth-order valence-electron chi connectivity index (χ4n) is 1.41. The highest BCUT2D eigenvalue weighted by Gasteiger charge is 2.30. The molecule has 1 rings (SSSR count). The van der Waals surface area contributed by atoms with E-state index in [1.807, 2.05) is 0 Å². The molecule has 1 unspecified atom stereocenters. The SMILES string of the molecule is CC(CC(F)(F)F)NC(=O)Nc1cccc(N)c1. The minimum atomic E-state index is -4.30. The lowest BCUT2D eigenvalue weighted by atomic mass is 10.2. The summed E-state index contributed by atoms with van der Waals surface area (Å²) >= 11 is 0. The first-order valence-electron chi connectivity index (χ1n) is 5.26. The zero-order valence-corrected chi connectivity index (χ0v) is 9.71. The normalized spacial score (nSPS) is 12.9. The van der Waals surface area contributed by atoms with Crippen LogP contribution in [0.2, 0.25) is 0 Å². The van der Waals surface area contributed by atoms with Crippen LogP contribution in [0.1, 0.15) is 13.3 Å². The highest BCUT2D eigenvalue weighted by Crippen LogP contribution is 2.21. The van der Waals surface area contributed by atoms with Gasteiger partial charge in [0.15, 0.2) is 0 Å². The quantitative estimate of drug-likeness (QED) is 0.732. The molecule has 0 fully saturated rings. The molecule has 2 amide bonds. The molecule has 100 valence electrons. The van der Waals surface area contributed by atoms with Gasteiger partial charge in [0, 0.05) is 17.4 Å². The van der Waals surface area contributed by atoms with Gasteiger partial charge >= 0.3 is 12.2 Å². The Labute approximate surface area is 102 Å². The van der Waals surface area contributed by atoms with Crippen LogP contribution in [0, 0.1) is 0 Å². The van der Waals surface area contributed by atoms with Crippen molar-refractivity contribution in [2.75, 3.05) is 11.1 Å². The number of carbonyl (C=O) groups is 1. The van der Waals surface area contributed by atoms with E-state index in [0.29, 0.717) is 11.4 Å². The number of carbonyl (C=O) groups excluding carboxylic acids is 1. The number of benzene rings is 1. The van der Waals surface area contributed by atoms with Gasteiger partial charge in [-0.3, -0.25) is 0 Å². The lowest BCUT2D eigenvalue weighted by molar-refractivity contribution is -0.138. The van der Waals surface area contributed by atoms with Crippen LogP contribution in [0.25, 0.3) is 0 Å². The van der Waals surface area contributed by atoms with Gasteiger partial charge in [-0.15, -0.1) is 0 Å². The van der Waals surface area contributed by atoms with E-state index in [9.17, 15) is 18.0 Å². The van der Waals surface area contributed by atoms with Crippen molar-refractivity contribution in [2.45, 2.75) is 25.6 Å². The monoisotopic (exact) mass is 261 g/mol. The first-order chi connectivity index (χ1) is 8.26. The second kappa shape index (κ2) is 5.61. The number of halogens is 3. The molecule has 0 aliphatic carbocycles. The van der Waals surface area contributed by atoms with Crippen molar-refractivity contribution < 1.29 is 18.0 Å². The van der Waals surface area contributed by atoms with Crippen molar-refractivity contribution >= 4 is 17.4 Å². The maximum absolute atomic E-state index is 12.0. The Morgan fingerprint density at radius 2 is 2.11 bits per heavy atom. The number of urea groups is 1. The molecule has 18 heavy (non-hydrogen) atoms. The van der Waals surface area contributed by atoms with Gasteiger partial charge in [-0.1, -0.05) is 6.07 Å². The summed E-state index contributed by atoms with van der Waals surface area (Å²) in [5.74, 6) is 0. The standard InChI is InChI=1S/C11H14F3N3O/c1-7(6-11(12,13)14)16-10(18)17-9-4-2-3-8(15)5-9/h2-5,7H,6,15H2,1H3,(H2,16,17,18). The molecule has 4 N–H and O–H groups in total. The minimum Gasteiger partial charge on any atom is -0.399 e. The summed E-state index contributed by atoms with van der Waals surface area (Å²) in [5.41, 5.74) is 6.38. The molecule has 1 aromatic carbocycles. The molecule has 0 aliphatic rings. The second-order valence-electron chi connectivity index (χ2n) is 3.94. The average Bonchev–Trinajstić information content (AvgIpc) is 2.13. The highest BCUT2D eigenvalue weighted by molar-refractivity contribution is 5.89. The minimum absolute atomic E-state index is 0.423. The van der Waals surface area contributed by atoms with Crippen LogP contribution in [0.4, 0.5) is 29.3 Å². The maximum atomic E-state index is 12.0. The van der Waals surface area contributed by atoms with Crippen LogP contribution in [0.15, 0.2) is 24.3 Å². The Morgan fingerprint density at radius 1 is 1.44 bits per heavy atom. The van der Waals surface area contributed by atoms with E-state index in [1.54, 1.807) is 18.2 Å². The summed E-state index contributed by atoms with van der Waals surface area (Å²) in [4.78, 5) is 11.4. The number of nitrogen functional groups attached to an aromatic ring is 1. The van der Waals surface area contributed by atoms with Crippen LogP contribution >= 0.6 is 0 Å². The number of nitrogens with two attached hydrogens (primary N) is 1. The molecule has 1 aromatic rings. The molecule has 0 aromatic heterocycles. The van der Waals surface area contributed by atoms with Crippen LogP contribution in [0.3, 0.4) is 0 Å². The van der Waals surface area contributed by atoms with Gasteiger partial charge in [0.2, 0.25) is 0 Å². The summed E-state index contributed by atoms with van der Waals surface area (Å²) in [7, 11) is 0. The second-order valence-corrected chi connectivity index (χ2v) is 3.94. The van der Waals surface area contributed by atoms with Gasteiger partial charge in [-0.05, 0) is 25.1 Å². The van der Waals surface area contributed by atoms with Gasteiger partial charge in [-0.25, -0.2) is 4.79 Å². The van der Waals surface area contributed by atoms with Crippen molar-refractivity contribution in [3.8, 4) is 0 Å². The topological polar surface area (TPSA) is 67.2 Å². The molecule has 4 nitrogen and oxygen atoms in total. The lowest BCUT2D eigenvalue weighted by Crippen LogP contribution is -2.38. The number of amides is 2. The van der Waals surface area contributed by atoms with Crippen LogP contribution in [0.5, 0.6) is 0 Å². The molecule has 7 heteroatoms. The zero-order valence-electron chi connectivity index (χ0n) is 9.71. The lowest BCUT2D eigenvalue weighted by Gasteiger charge is -2.16. The van der Waals surface area contributed by atoms with Crippen molar-refractivity contribution in [1.82, 2.24) is 5.32 Å². The molecule has 0 aliphatic heterocycles. The van der Waals surface area contributed by atoms with Gasteiger partial charge in [0.25, 0.3) is 0 Å². The molecular formula is C11H14F3N3O. The zero-order chi connectivity index (χ0) is 13.8. The van der Waals surface area contributed by atoms with Crippen molar-refractivity contribution in [1.29, 1.82) is 0 Å². The third-order valence-corrected chi connectivity index (χ3v) is 2.06. The van der Waals surface area contributed by atoms with Crippen molar-refractivity contribution in [3.05, 3.63) is 24.3 Å². The predicted octanol–water partition coefficient (Wildman–Crippen LogP) is 2.73. The fraction of sp³-hybridized carbons (Fsp3) is 0.364. The predicted molar refractivity (Wildman–Crippen MR) is 63.1 cm³/mol. The smallest absolute Gasteiger partial charge is 0.391 e. The third-order valence-electron chi connectivity index (χ3n) is 2.06. The Balaban J connectivity index is 2.47. The van der Waals surface area contributed by atoms with Crippen LogP contribution in [-0.4, -0.2) is 18.2 Å². The van der Waals surface area contributed by atoms with Gasteiger partial charge in [0.05, 0.1) is 6.42 Å². The fourth-order valence-corrected chi connectivity index (χ4v) is 1.41. The number of nitrogens with one attached hydrogen (secondary N) is 2. The van der Waals surface area contributed by atoms with E-state index in [2.05, 4.69) is 10.6 Å². The highest BCUT2D eigenvalue weighted by atomic mass is 19.4. The molecule has 1 atom stereocenters. The summed E-state index contributed by atoms with van der Waals surface area (Å²) in [5, 5.41) is 4.60. The number of alkyl halides is 3. The van der Waals surface area contributed by atoms with E-state index in [4.69, 9.17) is 5.73 Å². The number of hydrogen-bond donors (Lipinski definition) is 3. The molecule has 0 spiro atoms. The number of hydrogen-bond acceptors (Lipinski definition) is 2. The molecule has 0 radical (unpaired) electrons. The van der Waals surface area contributed by atoms with E-state index < -0.39 is 24.7 Å². The van der Waals surface area contributed by atoms with E-state index in [1.165, 1.54) is 13.0 Å². The first kappa shape index (κ1) is 14.1. The van der Waals surface area contributed by atoms with Crippen LogP contribution < -0.4 is 16.4 Å². The Kier molecular flexibility index (Phi) is 4.41. The number of rotatable bonds is 3. The molecule has 0 heterocycles. The van der Waals surface area contributed by atoms with Gasteiger partial charge in [-0.2, -0.15) is 13.2 Å². The van der Waals surface area contributed by atoms with Gasteiger partial charge in [0.1, 0.15) is 0 Å². The summed E-state index contributed by atoms with van der Waals surface area (Å²) < 4.78 is 36.1. The van der Waals surface area contributed by atoms with E-state index in [0.717, 1.165) is 0 Å². The summed E-state index contributed by atoms with van der Waals surface area (Å²) in [6.07, 6.45) is -5.37. The molecule has 0 saturated heterocycles.